The van der Waals surface area contributed by atoms with Crippen molar-refractivity contribution in [1.29, 1.82) is 0 Å². The van der Waals surface area contributed by atoms with E-state index in [1.165, 1.54) is 23.3 Å². The quantitative estimate of drug-likeness (QED) is 0.921. The van der Waals surface area contributed by atoms with Gasteiger partial charge in [-0.05, 0) is 38.2 Å². The minimum atomic E-state index is 0.465. The Kier molecular flexibility index (Phi) is 2.95. The van der Waals surface area contributed by atoms with Gasteiger partial charge < -0.3 is 10.5 Å². The number of fused-ring (bicyclic) bond motifs is 1. The maximum Gasteiger partial charge on any atom is 0.158 e. The van der Waals surface area contributed by atoms with E-state index in [1.807, 2.05) is 0 Å². The third-order valence-corrected chi connectivity index (χ3v) is 4.49. The molecule has 0 atom stereocenters. The summed E-state index contributed by atoms with van der Waals surface area (Å²) in [5.74, 6) is 2.03. The molecule has 96 valence electrons. The molecule has 0 bridgehead atoms. The fourth-order valence-corrected chi connectivity index (χ4v) is 3.05. The van der Waals surface area contributed by atoms with Crippen LogP contribution in [0.1, 0.15) is 29.1 Å². The molecule has 0 aliphatic heterocycles. The number of hydrogen-bond acceptors (Lipinski definition) is 5. The van der Waals surface area contributed by atoms with Gasteiger partial charge in [-0.3, -0.25) is 0 Å². The summed E-state index contributed by atoms with van der Waals surface area (Å²) in [6, 6.07) is 0. The number of thiophene rings is 1. The molecule has 1 aliphatic carbocycles. The van der Waals surface area contributed by atoms with E-state index in [0.29, 0.717) is 18.2 Å². The number of nitrogen functional groups attached to an aromatic ring is 1. The number of hydrogen-bond donors (Lipinski definition) is 1. The van der Waals surface area contributed by atoms with Crippen molar-refractivity contribution >= 4 is 27.4 Å². The highest BCUT2D eigenvalue weighted by molar-refractivity contribution is 7.18. The zero-order valence-corrected chi connectivity index (χ0v) is 11.5. The van der Waals surface area contributed by atoms with Crippen LogP contribution >= 0.6 is 11.3 Å². The molecule has 18 heavy (non-hydrogen) atoms. The maximum absolute atomic E-state index is 6.02. The molecule has 0 spiro atoms. The van der Waals surface area contributed by atoms with Gasteiger partial charge in [0.05, 0.1) is 5.39 Å². The topological polar surface area (TPSA) is 61.0 Å². The van der Waals surface area contributed by atoms with E-state index in [-0.39, 0.29) is 0 Å². The van der Waals surface area contributed by atoms with E-state index in [2.05, 4.69) is 23.8 Å². The predicted octanol–water partition coefficient (Wildman–Crippen LogP) is 2.82. The van der Waals surface area contributed by atoms with Crippen LogP contribution in [0.2, 0.25) is 0 Å². The molecule has 0 unspecified atom stereocenters. The highest BCUT2D eigenvalue weighted by Gasteiger charge is 2.21. The minimum absolute atomic E-state index is 0.465. The van der Waals surface area contributed by atoms with Gasteiger partial charge in [0.15, 0.2) is 5.82 Å². The lowest BCUT2D eigenvalue weighted by molar-refractivity contribution is 0.106. The molecule has 4 nitrogen and oxygen atoms in total. The predicted molar refractivity (Wildman–Crippen MR) is 73.7 cm³/mol. The largest absolute Gasteiger partial charge is 0.383 e. The lowest BCUT2D eigenvalue weighted by atomic mass is 10.2. The van der Waals surface area contributed by atoms with Gasteiger partial charge in [0, 0.05) is 11.5 Å². The number of aryl methyl sites for hydroxylation is 2. The van der Waals surface area contributed by atoms with Crippen LogP contribution in [0.5, 0.6) is 0 Å². The van der Waals surface area contributed by atoms with Crippen LogP contribution in [0.25, 0.3) is 10.2 Å². The maximum atomic E-state index is 6.02. The smallest absolute Gasteiger partial charge is 0.158 e. The van der Waals surface area contributed by atoms with Gasteiger partial charge in [0.1, 0.15) is 17.3 Å². The normalized spacial score (nSPS) is 15.4. The Morgan fingerprint density at radius 2 is 2.11 bits per heavy atom. The average molecular weight is 263 g/mol. The van der Waals surface area contributed by atoms with Crippen LogP contribution < -0.4 is 5.73 Å². The van der Waals surface area contributed by atoms with E-state index in [4.69, 9.17) is 10.5 Å². The molecule has 2 heterocycles. The Morgan fingerprint density at radius 3 is 2.83 bits per heavy atom. The molecule has 0 saturated heterocycles. The van der Waals surface area contributed by atoms with Crippen molar-refractivity contribution in [2.45, 2.75) is 33.3 Å². The van der Waals surface area contributed by atoms with Gasteiger partial charge in [0.25, 0.3) is 0 Å². The van der Waals surface area contributed by atoms with Crippen molar-refractivity contribution in [2.75, 3.05) is 12.3 Å². The molecule has 5 heteroatoms. The summed E-state index contributed by atoms with van der Waals surface area (Å²) in [7, 11) is 0. The van der Waals surface area contributed by atoms with Crippen LogP contribution in [0.3, 0.4) is 0 Å². The van der Waals surface area contributed by atoms with Gasteiger partial charge in [-0.15, -0.1) is 11.3 Å². The number of nitrogens with two attached hydrogens (primary N) is 1. The van der Waals surface area contributed by atoms with E-state index in [9.17, 15) is 0 Å². The van der Waals surface area contributed by atoms with Crippen LogP contribution in [0.15, 0.2) is 0 Å². The molecule has 3 rings (SSSR count). The summed E-state index contributed by atoms with van der Waals surface area (Å²) in [6.07, 6.45) is 2.59. The van der Waals surface area contributed by atoms with Crippen LogP contribution in [-0.4, -0.2) is 16.6 Å². The van der Waals surface area contributed by atoms with E-state index >= 15 is 0 Å². The second-order valence-corrected chi connectivity index (χ2v) is 6.15. The summed E-state index contributed by atoms with van der Waals surface area (Å²) in [4.78, 5) is 11.1. The van der Waals surface area contributed by atoms with Crippen molar-refractivity contribution in [2.24, 2.45) is 5.92 Å². The number of nitrogens with zero attached hydrogens (tertiary/aromatic N) is 2. The Balaban J connectivity index is 1.84. The Labute approximate surface area is 110 Å². The fraction of sp³-hybridized carbons (Fsp3) is 0.538. The zero-order valence-electron chi connectivity index (χ0n) is 10.7. The fourth-order valence-electron chi connectivity index (χ4n) is 1.99. The summed E-state index contributed by atoms with van der Waals surface area (Å²) >= 11 is 1.67. The van der Waals surface area contributed by atoms with E-state index < -0.39 is 0 Å². The van der Waals surface area contributed by atoms with Crippen LogP contribution in [-0.2, 0) is 11.3 Å². The molecule has 0 amide bonds. The standard InChI is InChI=1S/C13H17N3OS/c1-7-8(2)18-13-11(7)12(14)15-10(16-13)6-17-5-9-3-4-9/h9H,3-6H2,1-2H3,(H2,14,15,16). The summed E-state index contributed by atoms with van der Waals surface area (Å²) in [5, 5.41) is 1.00. The van der Waals surface area contributed by atoms with Gasteiger partial charge in [-0.1, -0.05) is 0 Å². The monoisotopic (exact) mass is 263 g/mol. The molecule has 0 radical (unpaired) electrons. The molecular weight excluding hydrogens is 246 g/mol. The first-order chi connectivity index (χ1) is 8.65. The number of ether oxygens (including phenoxy) is 1. The van der Waals surface area contributed by atoms with Gasteiger partial charge >= 0.3 is 0 Å². The molecule has 2 aromatic rings. The molecule has 0 aromatic carbocycles. The summed E-state index contributed by atoms with van der Waals surface area (Å²) in [6.45, 7) is 5.44. The average Bonchev–Trinajstić information content (AvgIpc) is 3.07. The number of aromatic nitrogens is 2. The van der Waals surface area contributed by atoms with Crippen LogP contribution in [0.4, 0.5) is 5.82 Å². The van der Waals surface area contributed by atoms with E-state index in [0.717, 1.165) is 22.7 Å². The molecule has 2 N–H and O–H groups in total. The Bertz CT molecular complexity index is 589. The number of rotatable bonds is 4. The van der Waals surface area contributed by atoms with E-state index in [1.54, 1.807) is 11.3 Å². The second kappa shape index (κ2) is 4.48. The molecule has 1 saturated carbocycles. The summed E-state index contributed by atoms with van der Waals surface area (Å²) in [5.41, 5.74) is 7.21. The lowest BCUT2D eigenvalue weighted by Crippen LogP contribution is -2.04. The lowest BCUT2D eigenvalue weighted by Gasteiger charge is -2.04. The van der Waals surface area contributed by atoms with Gasteiger partial charge in [-0.25, -0.2) is 9.97 Å². The van der Waals surface area contributed by atoms with Crippen molar-refractivity contribution in [3.63, 3.8) is 0 Å². The highest BCUT2D eigenvalue weighted by Crippen LogP contribution is 2.32. The van der Waals surface area contributed by atoms with Crippen molar-refractivity contribution in [1.82, 2.24) is 9.97 Å². The van der Waals surface area contributed by atoms with Crippen LogP contribution in [0, 0.1) is 19.8 Å². The SMILES string of the molecule is Cc1sc2nc(COCC3CC3)nc(N)c2c1C. The Hall–Kier alpha value is -1.20. The molecule has 1 fully saturated rings. The first-order valence-electron chi connectivity index (χ1n) is 6.25. The van der Waals surface area contributed by atoms with Gasteiger partial charge in [0.2, 0.25) is 0 Å². The zero-order chi connectivity index (χ0) is 12.7. The first kappa shape index (κ1) is 11.9. The first-order valence-corrected chi connectivity index (χ1v) is 7.06. The Morgan fingerprint density at radius 1 is 1.33 bits per heavy atom. The second-order valence-electron chi connectivity index (χ2n) is 4.95. The van der Waals surface area contributed by atoms with Gasteiger partial charge in [-0.2, -0.15) is 0 Å². The minimum Gasteiger partial charge on any atom is -0.383 e. The highest BCUT2D eigenvalue weighted by atomic mass is 32.1. The molecular formula is C13H17N3OS. The van der Waals surface area contributed by atoms with Crippen molar-refractivity contribution in [3.05, 3.63) is 16.3 Å². The van der Waals surface area contributed by atoms with Crippen molar-refractivity contribution < 1.29 is 4.74 Å². The third-order valence-electron chi connectivity index (χ3n) is 3.38. The van der Waals surface area contributed by atoms with Crippen molar-refractivity contribution in [3.8, 4) is 0 Å². The third kappa shape index (κ3) is 2.20. The molecule has 2 aromatic heterocycles. The number of anilines is 1. The molecule has 1 aliphatic rings. The summed E-state index contributed by atoms with van der Waals surface area (Å²) < 4.78 is 5.61.